The Bertz CT molecular complexity index is 828. The highest BCUT2D eigenvalue weighted by molar-refractivity contribution is 5.86. The van der Waals surface area contributed by atoms with Gasteiger partial charge in [0.25, 0.3) is 0 Å². The molecule has 0 heterocycles. The second-order valence-electron chi connectivity index (χ2n) is 4.71. The standard InChI is InChI=1S/C14H7F5N2O4/c15-7-3-1-6(2-4-7)5-20(14(22)23)12-8(16)10(18)13(21(24)25)11(19)9(12)17/h1-4H,5H2,(H,22,23). The first-order chi connectivity index (χ1) is 11.6. The zero-order valence-electron chi connectivity index (χ0n) is 12.0. The van der Waals surface area contributed by atoms with Crippen LogP contribution in [-0.2, 0) is 6.54 Å². The number of rotatable bonds is 4. The minimum absolute atomic E-state index is 0.0433. The Kier molecular flexibility index (Phi) is 4.86. The van der Waals surface area contributed by atoms with Crippen LogP contribution in [0.1, 0.15) is 5.56 Å². The molecule has 132 valence electrons. The fourth-order valence-corrected chi connectivity index (χ4v) is 2.02. The minimum Gasteiger partial charge on any atom is -0.465 e. The maximum Gasteiger partial charge on any atom is 0.412 e. The molecule has 0 spiro atoms. The Morgan fingerprint density at radius 2 is 1.48 bits per heavy atom. The van der Waals surface area contributed by atoms with Gasteiger partial charge in [0.2, 0.25) is 11.6 Å². The smallest absolute Gasteiger partial charge is 0.412 e. The number of halogens is 5. The van der Waals surface area contributed by atoms with Gasteiger partial charge in [-0.3, -0.25) is 15.0 Å². The van der Waals surface area contributed by atoms with E-state index in [0.29, 0.717) is 0 Å². The molecule has 0 aromatic heterocycles. The molecule has 2 rings (SSSR count). The lowest BCUT2D eigenvalue weighted by Gasteiger charge is -2.21. The predicted molar refractivity (Wildman–Crippen MR) is 73.5 cm³/mol. The van der Waals surface area contributed by atoms with Crippen molar-refractivity contribution in [3.05, 3.63) is 69.0 Å². The first kappa shape index (κ1) is 18.1. The van der Waals surface area contributed by atoms with Crippen LogP contribution in [0.25, 0.3) is 0 Å². The Morgan fingerprint density at radius 1 is 1.00 bits per heavy atom. The van der Waals surface area contributed by atoms with Crippen LogP contribution >= 0.6 is 0 Å². The Balaban J connectivity index is 2.61. The normalized spacial score (nSPS) is 10.6. The second kappa shape index (κ2) is 6.71. The van der Waals surface area contributed by atoms with E-state index in [0.717, 1.165) is 24.3 Å². The molecule has 0 saturated heterocycles. The molecule has 11 heteroatoms. The molecule has 0 saturated carbocycles. The van der Waals surface area contributed by atoms with E-state index in [4.69, 9.17) is 5.11 Å². The molecule has 25 heavy (non-hydrogen) atoms. The number of hydrogen-bond donors (Lipinski definition) is 1. The highest BCUT2D eigenvalue weighted by atomic mass is 19.2. The van der Waals surface area contributed by atoms with Gasteiger partial charge in [-0.25, -0.2) is 18.0 Å². The second-order valence-corrected chi connectivity index (χ2v) is 4.71. The zero-order chi connectivity index (χ0) is 18.9. The van der Waals surface area contributed by atoms with Crippen molar-refractivity contribution in [1.29, 1.82) is 0 Å². The highest BCUT2D eigenvalue weighted by Gasteiger charge is 2.36. The van der Waals surface area contributed by atoms with Gasteiger partial charge in [-0.05, 0) is 17.7 Å². The van der Waals surface area contributed by atoms with Crippen LogP contribution in [0.3, 0.4) is 0 Å². The van der Waals surface area contributed by atoms with Gasteiger partial charge in [0.1, 0.15) is 11.5 Å². The van der Waals surface area contributed by atoms with Gasteiger partial charge in [-0.15, -0.1) is 0 Å². The summed E-state index contributed by atoms with van der Waals surface area (Å²) in [5.41, 5.74) is -3.69. The highest BCUT2D eigenvalue weighted by Crippen LogP contribution is 2.35. The van der Waals surface area contributed by atoms with E-state index in [1.54, 1.807) is 0 Å². The molecule has 0 unspecified atom stereocenters. The molecule has 6 nitrogen and oxygen atoms in total. The van der Waals surface area contributed by atoms with Crippen molar-refractivity contribution in [1.82, 2.24) is 0 Å². The van der Waals surface area contributed by atoms with Crippen molar-refractivity contribution in [2.24, 2.45) is 0 Å². The third kappa shape index (κ3) is 3.34. The average Bonchev–Trinajstić information content (AvgIpc) is 2.53. The van der Waals surface area contributed by atoms with Gasteiger partial charge in [-0.1, -0.05) is 12.1 Å². The SMILES string of the molecule is O=C(O)N(Cc1ccc(F)cc1)c1c(F)c(F)c([N+](=O)[O-])c(F)c1F. The lowest BCUT2D eigenvalue weighted by molar-refractivity contribution is -0.390. The predicted octanol–water partition coefficient (Wildman–Crippen LogP) is 3.97. The Morgan fingerprint density at radius 3 is 1.88 bits per heavy atom. The summed E-state index contributed by atoms with van der Waals surface area (Å²) in [6, 6.07) is 4.02. The maximum absolute atomic E-state index is 14.0. The van der Waals surface area contributed by atoms with E-state index in [1.807, 2.05) is 0 Å². The molecule has 0 atom stereocenters. The van der Waals surface area contributed by atoms with E-state index >= 15 is 0 Å². The molecule has 0 aliphatic rings. The number of nitro groups is 1. The summed E-state index contributed by atoms with van der Waals surface area (Å²) >= 11 is 0. The number of nitrogens with zero attached hydrogens (tertiary/aromatic N) is 2. The van der Waals surface area contributed by atoms with Crippen LogP contribution in [0.5, 0.6) is 0 Å². The quantitative estimate of drug-likeness (QED) is 0.386. The summed E-state index contributed by atoms with van der Waals surface area (Å²) in [6.07, 6.45) is -1.99. The van der Waals surface area contributed by atoms with E-state index < -0.39 is 58.0 Å². The number of nitro benzene ring substituents is 1. The molecule has 0 bridgehead atoms. The number of amides is 1. The minimum atomic E-state index is -2.34. The van der Waals surface area contributed by atoms with E-state index in [1.165, 1.54) is 0 Å². The van der Waals surface area contributed by atoms with Crippen LogP contribution < -0.4 is 4.90 Å². The van der Waals surface area contributed by atoms with Gasteiger partial charge in [-0.2, -0.15) is 8.78 Å². The van der Waals surface area contributed by atoms with Crippen LogP contribution in [-0.4, -0.2) is 16.1 Å². The lowest BCUT2D eigenvalue weighted by atomic mass is 10.1. The van der Waals surface area contributed by atoms with Crippen molar-refractivity contribution in [2.75, 3.05) is 4.90 Å². The summed E-state index contributed by atoms with van der Waals surface area (Å²) in [4.78, 5) is 20.0. The van der Waals surface area contributed by atoms with E-state index in [9.17, 15) is 36.9 Å². The van der Waals surface area contributed by atoms with Crippen LogP contribution in [0.4, 0.5) is 38.1 Å². The third-order valence-corrected chi connectivity index (χ3v) is 3.15. The molecule has 0 aliphatic heterocycles. The number of benzene rings is 2. The molecule has 1 N–H and O–H groups in total. The first-order valence-electron chi connectivity index (χ1n) is 6.40. The van der Waals surface area contributed by atoms with Crippen LogP contribution in [0.2, 0.25) is 0 Å². The number of anilines is 1. The van der Waals surface area contributed by atoms with Crippen molar-refractivity contribution in [3.63, 3.8) is 0 Å². The molecule has 0 radical (unpaired) electrons. The zero-order valence-corrected chi connectivity index (χ0v) is 12.0. The van der Waals surface area contributed by atoms with E-state index in [-0.39, 0.29) is 10.5 Å². The number of carboxylic acid groups (broad SMARTS) is 1. The topological polar surface area (TPSA) is 83.7 Å². The average molecular weight is 362 g/mol. The van der Waals surface area contributed by atoms with Crippen LogP contribution in [0, 0.1) is 39.2 Å². The Labute approximate surface area is 135 Å². The molecule has 0 fully saturated rings. The Hall–Kier alpha value is -3.24. The molecule has 0 aliphatic carbocycles. The fourth-order valence-electron chi connectivity index (χ4n) is 2.02. The lowest BCUT2D eigenvalue weighted by Crippen LogP contribution is -2.31. The van der Waals surface area contributed by atoms with Crippen molar-refractivity contribution < 1.29 is 36.8 Å². The van der Waals surface area contributed by atoms with E-state index in [2.05, 4.69) is 0 Å². The van der Waals surface area contributed by atoms with Gasteiger partial charge in [0.05, 0.1) is 11.5 Å². The molecular formula is C14H7F5N2O4. The fraction of sp³-hybridized carbons (Fsp3) is 0.0714. The third-order valence-electron chi connectivity index (χ3n) is 3.15. The molecule has 1 amide bonds. The largest absolute Gasteiger partial charge is 0.465 e. The van der Waals surface area contributed by atoms with Gasteiger partial charge < -0.3 is 5.11 Å². The van der Waals surface area contributed by atoms with Gasteiger partial charge in [0.15, 0.2) is 11.6 Å². The molecule has 2 aromatic rings. The van der Waals surface area contributed by atoms with Crippen LogP contribution in [0.15, 0.2) is 24.3 Å². The van der Waals surface area contributed by atoms with Crippen molar-refractivity contribution in [3.8, 4) is 0 Å². The van der Waals surface area contributed by atoms with Gasteiger partial charge in [0, 0.05) is 0 Å². The molecular weight excluding hydrogens is 355 g/mol. The molecule has 2 aromatic carbocycles. The van der Waals surface area contributed by atoms with Crippen molar-refractivity contribution in [2.45, 2.75) is 6.54 Å². The monoisotopic (exact) mass is 362 g/mol. The number of hydrogen-bond acceptors (Lipinski definition) is 3. The first-order valence-corrected chi connectivity index (χ1v) is 6.40. The number of carbonyl (C=O) groups is 1. The van der Waals surface area contributed by atoms with Gasteiger partial charge >= 0.3 is 11.8 Å². The summed E-state index contributed by atoms with van der Waals surface area (Å²) in [7, 11) is 0. The van der Waals surface area contributed by atoms with Crippen molar-refractivity contribution >= 4 is 17.5 Å². The summed E-state index contributed by atoms with van der Waals surface area (Å²) < 4.78 is 68.2. The summed E-state index contributed by atoms with van der Waals surface area (Å²) in [5.74, 6) is -9.84. The summed E-state index contributed by atoms with van der Waals surface area (Å²) in [6.45, 7) is -0.792. The maximum atomic E-state index is 14.0. The summed E-state index contributed by atoms with van der Waals surface area (Å²) in [5, 5.41) is 19.6.